The minimum atomic E-state index is -0.368. The smallest absolute Gasteiger partial charge is 0.343 e. The van der Waals surface area contributed by atoms with E-state index in [1.165, 1.54) is 0 Å². The van der Waals surface area contributed by atoms with Gasteiger partial charge in [-0.25, -0.2) is 4.79 Å². The monoisotopic (exact) mass is 386 g/mol. The summed E-state index contributed by atoms with van der Waals surface area (Å²) in [5.74, 6) is 1.65. The van der Waals surface area contributed by atoms with Gasteiger partial charge in [-0.05, 0) is 70.0 Å². The number of hydrogen-bond acceptors (Lipinski definition) is 4. The molecular formula is C19H15BrO4. The Kier molecular flexibility index (Phi) is 4.71. The number of esters is 1. The number of methoxy groups -OCH3 is 2. The van der Waals surface area contributed by atoms with E-state index in [2.05, 4.69) is 15.9 Å². The molecule has 0 N–H and O–H groups in total. The molecule has 0 radical (unpaired) electrons. The molecule has 0 saturated heterocycles. The van der Waals surface area contributed by atoms with Crippen LogP contribution >= 0.6 is 15.9 Å². The van der Waals surface area contributed by atoms with Crippen LogP contribution in [0.3, 0.4) is 0 Å². The lowest BCUT2D eigenvalue weighted by Crippen LogP contribution is -1.97. The zero-order valence-corrected chi connectivity index (χ0v) is 14.8. The molecule has 122 valence electrons. The molecule has 24 heavy (non-hydrogen) atoms. The molecule has 0 saturated carbocycles. The SMILES string of the molecule is COc1ccc(C2=C/C(=C\c3ccc(OC)c(Br)c3)C(=O)O2)cc1. The highest BCUT2D eigenvalue weighted by atomic mass is 79.9. The second kappa shape index (κ2) is 6.93. The van der Waals surface area contributed by atoms with Crippen molar-refractivity contribution in [2.75, 3.05) is 14.2 Å². The third kappa shape index (κ3) is 3.36. The van der Waals surface area contributed by atoms with Crippen LogP contribution < -0.4 is 9.47 Å². The zero-order valence-electron chi connectivity index (χ0n) is 13.2. The van der Waals surface area contributed by atoms with E-state index in [0.717, 1.165) is 27.1 Å². The van der Waals surface area contributed by atoms with E-state index in [4.69, 9.17) is 14.2 Å². The first-order chi connectivity index (χ1) is 11.6. The van der Waals surface area contributed by atoms with E-state index in [9.17, 15) is 4.79 Å². The number of cyclic esters (lactones) is 1. The highest BCUT2D eigenvalue weighted by Crippen LogP contribution is 2.30. The van der Waals surface area contributed by atoms with Crippen LogP contribution in [0.2, 0.25) is 0 Å². The molecule has 0 spiro atoms. The standard InChI is InChI=1S/C19H15BrO4/c1-22-15-6-4-13(5-7-15)18-11-14(19(21)24-18)9-12-3-8-17(23-2)16(20)10-12/h3-11H,1-2H3/b14-9+. The summed E-state index contributed by atoms with van der Waals surface area (Å²) < 4.78 is 16.5. The maximum absolute atomic E-state index is 12.1. The summed E-state index contributed by atoms with van der Waals surface area (Å²) in [5, 5.41) is 0. The van der Waals surface area contributed by atoms with Crippen LogP contribution in [0.5, 0.6) is 11.5 Å². The largest absolute Gasteiger partial charge is 0.497 e. The molecule has 1 aliphatic heterocycles. The molecule has 0 atom stereocenters. The molecule has 0 amide bonds. The van der Waals surface area contributed by atoms with Crippen molar-refractivity contribution in [1.29, 1.82) is 0 Å². The van der Waals surface area contributed by atoms with Crippen molar-refractivity contribution in [3.05, 3.63) is 69.7 Å². The summed E-state index contributed by atoms with van der Waals surface area (Å²) >= 11 is 3.44. The number of rotatable bonds is 4. The predicted octanol–water partition coefficient (Wildman–Crippen LogP) is 4.45. The first-order valence-corrected chi connectivity index (χ1v) is 8.03. The van der Waals surface area contributed by atoms with Crippen LogP contribution in [0.15, 0.2) is 58.6 Å². The van der Waals surface area contributed by atoms with Crippen LogP contribution in [0.25, 0.3) is 11.8 Å². The Bertz CT molecular complexity index is 835. The Hall–Kier alpha value is -2.53. The van der Waals surface area contributed by atoms with Gasteiger partial charge in [0.2, 0.25) is 0 Å². The fourth-order valence-corrected chi connectivity index (χ4v) is 2.90. The van der Waals surface area contributed by atoms with Gasteiger partial charge in [0.1, 0.15) is 17.3 Å². The third-order valence-corrected chi connectivity index (χ3v) is 4.22. The van der Waals surface area contributed by atoms with Crippen molar-refractivity contribution in [2.24, 2.45) is 0 Å². The molecule has 4 nitrogen and oxygen atoms in total. The van der Waals surface area contributed by atoms with Crippen LogP contribution in [-0.2, 0) is 9.53 Å². The molecule has 3 rings (SSSR count). The highest BCUT2D eigenvalue weighted by molar-refractivity contribution is 9.10. The van der Waals surface area contributed by atoms with Crippen LogP contribution in [0.1, 0.15) is 11.1 Å². The van der Waals surface area contributed by atoms with Gasteiger partial charge in [0.05, 0.1) is 24.3 Å². The predicted molar refractivity (Wildman–Crippen MR) is 95.7 cm³/mol. The van der Waals surface area contributed by atoms with E-state index in [0.29, 0.717) is 11.3 Å². The maximum atomic E-state index is 12.1. The molecule has 5 heteroatoms. The van der Waals surface area contributed by atoms with Crippen molar-refractivity contribution in [2.45, 2.75) is 0 Å². The van der Waals surface area contributed by atoms with Gasteiger partial charge in [0.15, 0.2) is 0 Å². The van der Waals surface area contributed by atoms with Gasteiger partial charge in [0, 0.05) is 5.56 Å². The Morgan fingerprint density at radius 2 is 1.79 bits per heavy atom. The minimum Gasteiger partial charge on any atom is -0.497 e. The van der Waals surface area contributed by atoms with E-state index in [-0.39, 0.29) is 5.97 Å². The summed E-state index contributed by atoms with van der Waals surface area (Å²) in [4.78, 5) is 12.1. The molecule has 0 unspecified atom stereocenters. The molecule has 1 heterocycles. The van der Waals surface area contributed by atoms with Crippen molar-refractivity contribution in [1.82, 2.24) is 0 Å². The minimum absolute atomic E-state index is 0.368. The van der Waals surface area contributed by atoms with Gasteiger partial charge in [-0.2, -0.15) is 0 Å². The lowest BCUT2D eigenvalue weighted by atomic mass is 10.1. The number of ether oxygens (including phenoxy) is 3. The second-order valence-corrected chi connectivity index (χ2v) is 5.97. The van der Waals surface area contributed by atoms with Gasteiger partial charge in [-0.1, -0.05) is 6.07 Å². The van der Waals surface area contributed by atoms with Gasteiger partial charge >= 0.3 is 5.97 Å². The van der Waals surface area contributed by atoms with Crippen molar-refractivity contribution >= 4 is 33.7 Å². The van der Waals surface area contributed by atoms with Crippen molar-refractivity contribution in [3.63, 3.8) is 0 Å². The molecule has 1 aliphatic rings. The molecular weight excluding hydrogens is 372 g/mol. The average molecular weight is 387 g/mol. The van der Waals surface area contributed by atoms with E-state index >= 15 is 0 Å². The van der Waals surface area contributed by atoms with Crippen molar-refractivity contribution in [3.8, 4) is 11.5 Å². The first kappa shape index (κ1) is 16.3. The second-order valence-electron chi connectivity index (χ2n) is 5.12. The third-order valence-electron chi connectivity index (χ3n) is 3.60. The highest BCUT2D eigenvalue weighted by Gasteiger charge is 2.22. The number of halogens is 1. The van der Waals surface area contributed by atoms with Gasteiger partial charge < -0.3 is 14.2 Å². The van der Waals surface area contributed by atoms with Crippen LogP contribution in [0.4, 0.5) is 0 Å². The number of carbonyl (C=O) groups excluding carboxylic acids is 1. The van der Waals surface area contributed by atoms with Crippen LogP contribution in [-0.4, -0.2) is 20.2 Å². The topological polar surface area (TPSA) is 44.8 Å². The summed E-state index contributed by atoms with van der Waals surface area (Å²) in [6.45, 7) is 0. The lowest BCUT2D eigenvalue weighted by molar-refractivity contribution is -0.130. The Balaban J connectivity index is 1.89. The maximum Gasteiger partial charge on any atom is 0.343 e. The Labute approximate surface area is 148 Å². The van der Waals surface area contributed by atoms with Gasteiger partial charge in [-0.3, -0.25) is 0 Å². The van der Waals surface area contributed by atoms with E-state index in [1.54, 1.807) is 26.4 Å². The van der Waals surface area contributed by atoms with Gasteiger partial charge in [0.25, 0.3) is 0 Å². The quantitative estimate of drug-likeness (QED) is 0.575. The average Bonchev–Trinajstić information content (AvgIpc) is 2.96. The van der Waals surface area contributed by atoms with Crippen molar-refractivity contribution < 1.29 is 19.0 Å². The van der Waals surface area contributed by atoms with E-state index < -0.39 is 0 Å². The number of carbonyl (C=O) groups is 1. The summed E-state index contributed by atoms with van der Waals surface area (Å²) in [6, 6.07) is 13.0. The van der Waals surface area contributed by atoms with Gasteiger partial charge in [-0.15, -0.1) is 0 Å². The molecule has 0 aromatic heterocycles. The molecule has 0 bridgehead atoms. The lowest BCUT2D eigenvalue weighted by Gasteiger charge is -2.03. The Morgan fingerprint density at radius 1 is 1.04 bits per heavy atom. The molecule has 2 aromatic rings. The number of benzene rings is 2. The zero-order chi connectivity index (χ0) is 17.1. The summed E-state index contributed by atoms with van der Waals surface area (Å²) in [7, 11) is 3.22. The molecule has 0 fully saturated rings. The first-order valence-electron chi connectivity index (χ1n) is 7.24. The molecule has 2 aromatic carbocycles. The fourth-order valence-electron chi connectivity index (χ4n) is 2.34. The Morgan fingerprint density at radius 3 is 2.42 bits per heavy atom. The number of hydrogen-bond donors (Lipinski definition) is 0. The molecule has 0 aliphatic carbocycles. The van der Waals surface area contributed by atoms with E-state index in [1.807, 2.05) is 42.5 Å². The van der Waals surface area contributed by atoms with Crippen LogP contribution in [0, 0.1) is 0 Å². The summed E-state index contributed by atoms with van der Waals surface area (Å²) in [6.07, 6.45) is 3.52. The fraction of sp³-hybridized carbons (Fsp3) is 0.105. The normalized spacial score (nSPS) is 15.2. The summed E-state index contributed by atoms with van der Waals surface area (Å²) in [5.41, 5.74) is 2.20.